The van der Waals surface area contributed by atoms with Gasteiger partial charge in [-0.25, -0.2) is 8.42 Å². The summed E-state index contributed by atoms with van der Waals surface area (Å²) >= 11 is 5.82. The molecule has 1 saturated heterocycles. The molecule has 0 aromatic heterocycles. The smallest absolute Gasteiger partial charge is 0.243 e. The Bertz CT molecular complexity index is 693. The monoisotopic (exact) mass is 370 g/mol. The molecule has 1 atom stereocenters. The Morgan fingerprint density at radius 3 is 2.29 bits per heavy atom. The number of nitrogens with one attached hydrogen (secondary N) is 1. The number of benzene rings is 1. The molecular formula is C17H23ClN2O3S. The predicted molar refractivity (Wildman–Crippen MR) is 93.3 cm³/mol. The van der Waals surface area contributed by atoms with E-state index in [1.807, 2.05) is 0 Å². The van der Waals surface area contributed by atoms with E-state index in [1.165, 1.54) is 29.3 Å². The standard InChI is InChI=1S/C17H23ClN2O3S/c1-12(13-2-3-13)19-17(21)14-8-10-20(11-9-14)24(22,23)16-6-4-15(18)5-7-16/h4-7,12-14H,2-3,8-11H2,1H3,(H,19,21). The van der Waals surface area contributed by atoms with Crippen molar-refractivity contribution in [1.29, 1.82) is 0 Å². The molecule has 1 unspecified atom stereocenters. The van der Waals surface area contributed by atoms with Crippen molar-refractivity contribution < 1.29 is 13.2 Å². The van der Waals surface area contributed by atoms with E-state index >= 15 is 0 Å². The third kappa shape index (κ3) is 3.92. The Morgan fingerprint density at radius 1 is 1.17 bits per heavy atom. The number of hydrogen-bond donors (Lipinski definition) is 1. The summed E-state index contributed by atoms with van der Waals surface area (Å²) in [5.74, 6) is 0.597. The molecular weight excluding hydrogens is 348 g/mol. The average molecular weight is 371 g/mol. The van der Waals surface area contributed by atoms with Gasteiger partial charge >= 0.3 is 0 Å². The van der Waals surface area contributed by atoms with E-state index in [1.54, 1.807) is 12.1 Å². The fourth-order valence-corrected chi connectivity index (χ4v) is 4.77. The summed E-state index contributed by atoms with van der Waals surface area (Å²) < 4.78 is 26.7. The molecule has 1 aromatic carbocycles. The van der Waals surface area contributed by atoms with Crippen molar-refractivity contribution in [2.24, 2.45) is 11.8 Å². The van der Waals surface area contributed by atoms with Crippen LogP contribution >= 0.6 is 11.6 Å². The first kappa shape index (κ1) is 17.7. The number of hydrogen-bond acceptors (Lipinski definition) is 3. The van der Waals surface area contributed by atoms with E-state index in [0.29, 0.717) is 36.9 Å². The Kier molecular flexibility index (Phi) is 5.18. The molecule has 5 nitrogen and oxygen atoms in total. The maximum absolute atomic E-state index is 12.6. The van der Waals surface area contributed by atoms with Gasteiger partial charge in [-0.2, -0.15) is 4.31 Å². The van der Waals surface area contributed by atoms with Crippen LogP contribution in [0, 0.1) is 11.8 Å². The molecule has 1 saturated carbocycles. The second kappa shape index (κ2) is 7.02. The van der Waals surface area contributed by atoms with E-state index in [-0.39, 0.29) is 22.8 Å². The third-order valence-electron chi connectivity index (χ3n) is 4.98. The molecule has 1 aromatic rings. The lowest BCUT2D eigenvalue weighted by atomic mass is 9.96. The van der Waals surface area contributed by atoms with Crippen molar-refractivity contribution in [2.75, 3.05) is 13.1 Å². The van der Waals surface area contributed by atoms with Gasteiger partial charge in [-0.15, -0.1) is 0 Å². The van der Waals surface area contributed by atoms with Gasteiger partial charge < -0.3 is 5.32 Å². The number of halogens is 1. The number of carbonyl (C=O) groups excluding carboxylic acids is 1. The van der Waals surface area contributed by atoms with Crippen molar-refractivity contribution in [2.45, 2.75) is 43.5 Å². The van der Waals surface area contributed by atoms with Gasteiger partial charge in [0.1, 0.15) is 0 Å². The van der Waals surface area contributed by atoms with E-state index < -0.39 is 10.0 Å². The number of piperidine rings is 1. The number of rotatable bonds is 5. The minimum Gasteiger partial charge on any atom is -0.353 e. The second-order valence-electron chi connectivity index (χ2n) is 6.77. The van der Waals surface area contributed by atoms with Gasteiger partial charge in [0.05, 0.1) is 4.90 Å². The summed E-state index contributed by atoms with van der Waals surface area (Å²) in [5.41, 5.74) is 0. The summed E-state index contributed by atoms with van der Waals surface area (Å²) in [6, 6.07) is 6.43. The Hall–Kier alpha value is -1.11. The molecule has 24 heavy (non-hydrogen) atoms. The van der Waals surface area contributed by atoms with E-state index in [9.17, 15) is 13.2 Å². The molecule has 0 bridgehead atoms. The van der Waals surface area contributed by atoms with E-state index in [2.05, 4.69) is 12.2 Å². The highest BCUT2D eigenvalue weighted by molar-refractivity contribution is 7.89. The van der Waals surface area contributed by atoms with Crippen molar-refractivity contribution in [3.63, 3.8) is 0 Å². The van der Waals surface area contributed by atoms with Gasteiger partial charge in [0.15, 0.2) is 0 Å². The quantitative estimate of drug-likeness (QED) is 0.866. The van der Waals surface area contributed by atoms with Crippen molar-refractivity contribution in [3.05, 3.63) is 29.3 Å². The van der Waals surface area contributed by atoms with Crippen LogP contribution in [-0.4, -0.2) is 37.8 Å². The van der Waals surface area contributed by atoms with Crippen molar-refractivity contribution in [1.82, 2.24) is 9.62 Å². The van der Waals surface area contributed by atoms with Crippen molar-refractivity contribution >= 4 is 27.5 Å². The zero-order chi connectivity index (χ0) is 17.3. The highest BCUT2D eigenvalue weighted by Crippen LogP contribution is 2.33. The van der Waals surface area contributed by atoms with Crippen LogP contribution in [0.4, 0.5) is 0 Å². The van der Waals surface area contributed by atoms with Crippen LogP contribution in [0.1, 0.15) is 32.6 Å². The maximum atomic E-state index is 12.6. The lowest BCUT2D eigenvalue weighted by Gasteiger charge is -2.31. The van der Waals surface area contributed by atoms with E-state index in [4.69, 9.17) is 11.6 Å². The van der Waals surface area contributed by atoms with Gasteiger partial charge in [0.25, 0.3) is 0 Å². The summed E-state index contributed by atoms with van der Waals surface area (Å²) in [6.45, 7) is 2.80. The highest BCUT2D eigenvalue weighted by atomic mass is 35.5. The predicted octanol–water partition coefficient (Wildman–Crippen LogP) is 2.66. The molecule has 3 rings (SSSR count). The topological polar surface area (TPSA) is 66.5 Å². The normalized spacial score (nSPS) is 21.4. The molecule has 1 aliphatic carbocycles. The van der Waals surface area contributed by atoms with Gasteiger partial charge in [-0.05, 0) is 62.8 Å². The van der Waals surface area contributed by atoms with Crippen LogP contribution in [0.3, 0.4) is 0 Å². The lowest BCUT2D eigenvalue weighted by Crippen LogP contribution is -2.45. The van der Waals surface area contributed by atoms with Gasteiger partial charge in [0.2, 0.25) is 15.9 Å². The Balaban J connectivity index is 1.57. The molecule has 7 heteroatoms. The number of nitrogens with zero attached hydrogens (tertiary/aromatic N) is 1. The number of amides is 1. The molecule has 1 amide bonds. The third-order valence-corrected chi connectivity index (χ3v) is 7.14. The molecule has 1 N–H and O–H groups in total. The minimum atomic E-state index is -3.51. The lowest BCUT2D eigenvalue weighted by molar-refractivity contribution is -0.126. The second-order valence-corrected chi connectivity index (χ2v) is 9.14. The Morgan fingerprint density at radius 2 is 1.75 bits per heavy atom. The summed E-state index contributed by atoms with van der Waals surface area (Å²) in [7, 11) is -3.51. The highest BCUT2D eigenvalue weighted by Gasteiger charge is 2.34. The van der Waals surface area contributed by atoms with Crippen LogP contribution in [0.15, 0.2) is 29.2 Å². The van der Waals surface area contributed by atoms with Crippen LogP contribution in [0.5, 0.6) is 0 Å². The zero-order valence-corrected chi connectivity index (χ0v) is 15.3. The van der Waals surface area contributed by atoms with Crippen LogP contribution in [-0.2, 0) is 14.8 Å². The molecule has 2 fully saturated rings. The van der Waals surface area contributed by atoms with Crippen LogP contribution < -0.4 is 5.32 Å². The fraction of sp³-hybridized carbons (Fsp3) is 0.588. The fourth-order valence-electron chi connectivity index (χ4n) is 3.17. The SMILES string of the molecule is CC(NC(=O)C1CCN(S(=O)(=O)c2ccc(Cl)cc2)CC1)C1CC1. The Labute approximate surface area is 148 Å². The zero-order valence-electron chi connectivity index (χ0n) is 13.7. The van der Waals surface area contributed by atoms with Crippen LogP contribution in [0.25, 0.3) is 0 Å². The first-order valence-corrected chi connectivity index (χ1v) is 10.3. The van der Waals surface area contributed by atoms with Gasteiger partial charge in [-0.3, -0.25) is 4.79 Å². The number of carbonyl (C=O) groups is 1. The largest absolute Gasteiger partial charge is 0.353 e. The summed E-state index contributed by atoms with van der Waals surface area (Å²) in [4.78, 5) is 12.6. The van der Waals surface area contributed by atoms with Crippen LogP contribution in [0.2, 0.25) is 5.02 Å². The molecule has 0 spiro atoms. The minimum absolute atomic E-state index is 0.0675. The molecule has 132 valence electrons. The number of sulfonamides is 1. The van der Waals surface area contributed by atoms with Gasteiger partial charge in [-0.1, -0.05) is 11.6 Å². The van der Waals surface area contributed by atoms with Crippen molar-refractivity contribution in [3.8, 4) is 0 Å². The molecule has 1 heterocycles. The molecule has 2 aliphatic rings. The summed E-state index contributed by atoms with van der Waals surface area (Å²) in [5, 5.41) is 3.59. The maximum Gasteiger partial charge on any atom is 0.243 e. The first-order chi connectivity index (χ1) is 11.4. The molecule has 1 aliphatic heterocycles. The van der Waals surface area contributed by atoms with Gasteiger partial charge in [0, 0.05) is 30.1 Å². The molecule has 0 radical (unpaired) electrons. The summed E-state index contributed by atoms with van der Waals surface area (Å²) in [6.07, 6.45) is 3.52. The van der Waals surface area contributed by atoms with E-state index in [0.717, 1.165) is 0 Å². The first-order valence-electron chi connectivity index (χ1n) is 8.44. The average Bonchev–Trinajstić information content (AvgIpc) is 3.40.